The number of likely N-dealkylation sites (tertiary alicyclic amines) is 1. The number of piperidine rings is 1. The largest absolute Gasteiger partial charge is 0.491 e. The number of rotatable bonds is 6. The quantitative estimate of drug-likeness (QED) is 0.748. The Morgan fingerprint density at radius 3 is 2.65 bits per heavy atom. The van der Waals surface area contributed by atoms with Gasteiger partial charge in [-0.2, -0.15) is 13.2 Å². The molecule has 1 aliphatic heterocycles. The van der Waals surface area contributed by atoms with Crippen molar-refractivity contribution in [2.45, 2.75) is 38.9 Å². The van der Waals surface area contributed by atoms with E-state index in [9.17, 15) is 18.0 Å². The van der Waals surface area contributed by atoms with Gasteiger partial charge in [0.2, 0.25) is 5.95 Å². The summed E-state index contributed by atoms with van der Waals surface area (Å²) < 4.78 is 43.7. The van der Waals surface area contributed by atoms with Crippen molar-refractivity contribution in [2.24, 2.45) is 11.8 Å². The lowest BCUT2D eigenvalue weighted by atomic mass is 10.0. The standard InChI is InChI=1S/C21H24F3N5O2/c1-3-31-17-5-4-12(2)28-18(17)19(30)29-11-14-6-13(14)7-16(29)10-27-20-25-8-15(9-26-20)21(22,23)24/h4-5,8-9,13-14,16H,3,6-7,10-11H2,1-2H3,(H,25,26,27)/t13-,14+,16+/m1/s1. The van der Waals surface area contributed by atoms with Gasteiger partial charge in [0.1, 0.15) is 0 Å². The number of ether oxygens (including phenoxy) is 1. The SMILES string of the molecule is CCOc1ccc(C)nc1C(=O)N1C[C@@H]2C[C@@H]2C[C@H]1CNc1ncc(C(F)(F)F)cn1. The summed E-state index contributed by atoms with van der Waals surface area (Å²) in [6.07, 6.45) is -1.08. The van der Waals surface area contributed by atoms with E-state index in [-0.39, 0.29) is 23.6 Å². The minimum Gasteiger partial charge on any atom is -0.491 e. The van der Waals surface area contributed by atoms with Crippen LogP contribution in [0.4, 0.5) is 19.1 Å². The maximum Gasteiger partial charge on any atom is 0.419 e. The van der Waals surface area contributed by atoms with Crippen LogP contribution in [-0.2, 0) is 6.18 Å². The van der Waals surface area contributed by atoms with Crippen LogP contribution in [0.3, 0.4) is 0 Å². The van der Waals surface area contributed by atoms with Gasteiger partial charge in [0, 0.05) is 37.2 Å². The zero-order valence-electron chi connectivity index (χ0n) is 17.3. The molecule has 2 fully saturated rings. The average Bonchev–Trinajstić information content (AvgIpc) is 3.50. The van der Waals surface area contributed by atoms with Crippen LogP contribution in [0.2, 0.25) is 0 Å². The number of hydrogen-bond donors (Lipinski definition) is 1. The number of nitrogens with one attached hydrogen (secondary N) is 1. The molecule has 10 heteroatoms. The number of halogens is 3. The second-order valence-corrected chi connectivity index (χ2v) is 8.01. The first kappa shape index (κ1) is 21.3. The molecule has 1 N–H and O–H groups in total. The Balaban J connectivity index is 1.49. The van der Waals surface area contributed by atoms with Gasteiger partial charge in [0.25, 0.3) is 5.91 Å². The molecule has 1 saturated carbocycles. The Morgan fingerprint density at radius 2 is 1.97 bits per heavy atom. The van der Waals surface area contributed by atoms with Crippen LogP contribution in [0, 0.1) is 18.8 Å². The number of anilines is 1. The highest BCUT2D eigenvalue weighted by Gasteiger charge is 2.47. The van der Waals surface area contributed by atoms with Crippen molar-refractivity contribution < 1.29 is 22.7 Å². The summed E-state index contributed by atoms with van der Waals surface area (Å²) in [6.45, 7) is 5.06. The van der Waals surface area contributed by atoms with Crippen molar-refractivity contribution in [3.63, 3.8) is 0 Å². The summed E-state index contributed by atoms with van der Waals surface area (Å²) in [4.78, 5) is 27.1. The molecule has 166 valence electrons. The summed E-state index contributed by atoms with van der Waals surface area (Å²) in [6, 6.07) is 3.42. The predicted molar refractivity (Wildman–Crippen MR) is 107 cm³/mol. The molecule has 1 amide bonds. The molecule has 0 bridgehead atoms. The molecule has 2 aliphatic rings. The highest BCUT2D eigenvalue weighted by Crippen LogP contribution is 2.47. The van der Waals surface area contributed by atoms with Crippen molar-refractivity contribution in [2.75, 3.05) is 25.0 Å². The van der Waals surface area contributed by atoms with Gasteiger partial charge in [0.15, 0.2) is 11.4 Å². The molecular weight excluding hydrogens is 411 g/mol. The first-order valence-electron chi connectivity index (χ1n) is 10.3. The minimum atomic E-state index is -4.48. The topological polar surface area (TPSA) is 80.2 Å². The summed E-state index contributed by atoms with van der Waals surface area (Å²) in [5, 5.41) is 2.98. The number of nitrogens with zero attached hydrogens (tertiary/aromatic N) is 4. The normalized spacial score (nSPS) is 22.6. The highest BCUT2D eigenvalue weighted by molar-refractivity contribution is 5.95. The predicted octanol–water partition coefficient (Wildman–Crippen LogP) is 3.56. The lowest BCUT2D eigenvalue weighted by Gasteiger charge is -2.35. The highest BCUT2D eigenvalue weighted by atomic mass is 19.4. The number of hydrogen-bond acceptors (Lipinski definition) is 6. The molecule has 1 aliphatic carbocycles. The molecule has 2 aromatic rings. The van der Waals surface area contributed by atoms with Gasteiger partial charge >= 0.3 is 6.18 Å². The van der Waals surface area contributed by atoms with Gasteiger partial charge < -0.3 is 15.0 Å². The van der Waals surface area contributed by atoms with Crippen LogP contribution < -0.4 is 10.1 Å². The van der Waals surface area contributed by atoms with Crippen molar-refractivity contribution in [1.82, 2.24) is 19.9 Å². The molecule has 31 heavy (non-hydrogen) atoms. The molecule has 1 saturated heterocycles. The number of amides is 1. The number of aromatic nitrogens is 3. The number of fused-ring (bicyclic) bond motifs is 1. The van der Waals surface area contributed by atoms with E-state index < -0.39 is 11.7 Å². The maximum absolute atomic E-state index is 13.4. The Bertz CT molecular complexity index is 951. The molecule has 0 unspecified atom stereocenters. The van der Waals surface area contributed by atoms with Crippen LogP contribution >= 0.6 is 0 Å². The van der Waals surface area contributed by atoms with E-state index in [4.69, 9.17) is 4.74 Å². The van der Waals surface area contributed by atoms with E-state index in [1.165, 1.54) is 0 Å². The van der Waals surface area contributed by atoms with E-state index in [1.54, 1.807) is 17.0 Å². The van der Waals surface area contributed by atoms with E-state index >= 15 is 0 Å². The van der Waals surface area contributed by atoms with Gasteiger partial charge in [-0.25, -0.2) is 15.0 Å². The Morgan fingerprint density at radius 1 is 1.23 bits per heavy atom. The number of pyridine rings is 1. The second kappa shape index (κ2) is 8.32. The van der Waals surface area contributed by atoms with Crippen LogP contribution in [0.1, 0.15) is 41.5 Å². The van der Waals surface area contributed by atoms with Crippen molar-refractivity contribution in [3.8, 4) is 5.75 Å². The zero-order valence-corrected chi connectivity index (χ0v) is 17.3. The third kappa shape index (κ3) is 4.72. The fourth-order valence-corrected chi connectivity index (χ4v) is 4.02. The van der Waals surface area contributed by atoms with Crippen LogP contribution in [0.5, 0.6) is 5.75 Å². The smallest absolute Gasteiger partial charge is 0.419 e. The number of carbonyl (C=O) groups is 1. The zero-order chi connectivity index (χ0) is 22.2. The Labute approximate surface area is 178 Å². The van der Waals surface area contributed by atoms with Gasteiger partial charge in [-0.3, -0.25) is 4.79 Å². The summed E-state index contributed by atoms with van der Waals surface area (Å²) in [5.41, 5.74) is 0.111. The minimum absolute atomic E-state index is 0.0991. The van der Waals surface area contributed by atoms with Gasteiger partial charge in [-0.1, -0.05) is 0 Å². The van der Waals surface area contributed by atoms with E-state index in [0.717, 1.165) is 30.9 Å². The molecule has 7 nitrogen and oxygen atoms in total. The molecular formula is C21H24F3N5O2. The summed E-state index contributed by atoms with van der Waals surface area (Å²) in [5.74, 6) is 1.41. The third-order valence-corrected chi connectivity index (χ3v) is 5.75. The van der Waals surface area contributed by atoms with Crippen molar-refractivity contribution >= 4 is 11.9 Å². The molecule has 0 spiro atoms. The number of alkyl halides is 3. The molecule has 0 radical (unpaired) electrons. The lowest BCUT2D eigenvalue weighted by Crippen LogP contribution is -2.48. The third-order valence-electron chi connectivity index (χ3n) is 5.75. The van der Waals surface area contributed by atoms with Crippen molar-refractivity contribution in [3.05, 3.63) is 41.5 Å². The first-order valence-corrected chi connectivity index (χ1v) is 10.3. The van der Waals surface area contributed by atoms with E-state index in [2.05, 4.69) is 20.3 Å². The lowest BCUT2D eigenvalue weighted by molar-refractivity contribution is -0.138. The summed E-state index contributed by atoms with van der Waals surface area (Å²) >= 11 is 0. The summed E-state index contributed by atoms with van der Waals surface area (Å²) in [7, 11) is 0. The van der Waals surface area contributed by atoms with Crippen LogP contribution in [-0.4, -0.2) is 51.5 Å². The Hall–Kier alpha value is -2.91. The monoisotopic (exact) mass is 435 g/mol. The van der Waals surface area contributed by atoms with E-state index in [0.29, 0.717) is 37.3 Å². The first-order chi connectivity index (χ1) is 14.8. The van der Waals surface area contributed by atoms with Crippen LogP contribution in [0.15, 0.2) is 24.5 Å². The van der Waals surface area contributed by atoms with Gasteiger partial charge in [-0.05, 0) is 50.7 Å². The molecule has 3 heterocycles. The fourth-order valence-electron chi connectivity index (χ4n) is 4.02. The molecule has 3 atom stereocenters. The van der Waals surface area contributed by atoms with Crippen molar-refractivity contribution in [1.29, 1.82) is 0 Å². The molecule has 0 aromatic carbocycles. The Kier molecular flexibility index (Phi) is 5.72. The number of aryl methyl sites for hydroxylation is 1. The maximum atomic E-state index is 13.4. The second-order valence-electron chi connectivity index (χ2n) is 8.01. The van der Waals surface area contributed by atoms with Gasteiger partial charge in [-0.15, -0.1) is 0 Å². The van der Waals surface area contributed by atoms with Crippen LogP contribution in [0.25, 0.3) is 0 Å². The average molecular weight is 435 g/mol. The number of carbonyl (C=O) groups excluding carboxylic acids is 1. The molecule has 2 aromatic heterocycles. The van der Waals surface area contributed by atoms with Gasteiger partial charge in [0.05, 0.1) is 12.2 Å². The van der Waals surface area contributed by atoms with E-state index in [1.807, 2.05) is 13.8 Å². The fraction of sp³-hybridized carbons (Fsp3) is 0.524. The molecule has 4 rings (SSSR count).